The van der Waals surface area contributed by atoms with Crippen molar-refractivity contribution in [1.82, 2.24) is 0 Å². The summed E-state index contributed by atoms with van der Waals surface area (Å²) >= 11 is 0. The van der Waals surface area contributed by atoms with Crippen molar-refractivity contribution in [2.75, 3.05) is 0 Å². The van der Waals surface area contributed by atoms with Gasteiger partial charge in [-0.25, -0.2) is 0 Å². The largest absolute Gasteiger partial charge is 0.394 e. The molecule has 0 aromatic heterocycles. The van der Waals surface area contributed by atoms with Crippen molar-refractivity contribution in [2.24, 2.45) is 0 Å². The van der Waals surface area contributed by atoms with Crippen molar-refractivity contribution in [3.63, 3.8) is 0 Å². The lowest BCUT2D eigenvalue weighted by molar-refractivity contribution is 0.112. The van der Waals surface area contributed by atoms with Gasteiger partial charge in [0.05, 0.1) is 0 Å². The van der Waals surface area contributed by atoms with E-state index >= 15 is 0 Å². The Morgan fingerprint density at radius 3 is 1.86 bits per heavy atom. The van der Waals surface area contributed by atoms with Crippen LogP contribution in [-0.4, -0.2) is 21.5 Å². The zero-order chi connectivity index (χ0) is 11.0. The molecule has 0 aromatic rings. The van der Waals surface area contributed by atoms with Crippen molar-refractivity contribution >= 4 is 9.28 Å². The van der Waals surface area contributed by atoms with Gasteiger partial charge in [0.1, 0.15) is 0 Å². The van der Waals surface area contributed by atoms with Crippen molar-refractivity contribution in [3.05, 3.63) is 12.7 Å². The third-order valence-corrected chi connectivity index (χ3v) is 4.53. The van der Waals surface area contributed by atoms with Gasteiger partial charge in [0.15, 0.2) is 0 Å². The average Bonchev–Trinajstić information content (AvgIpc) is 2.17. The molecular weight excluding hydrogens is 192 g/mol. The van der Waals surface area contributed by atoms with Crippen LogP contribution in [0.25, 0.3) is 0 Å². The molecule has 0 N–H and O–H groups in total. The smallest absolute Gasteiger partial charge is 0.325 e. The van der Waals surface area contributed by atoms with E-state index in [1.54, 1.807) is 0 Å². The monoisotopic (exact) mass is 216 g/mol. The summed E-state index contributed by atoms with van der Waals surface area (Å²) in [6.07, 6.45) is 4.63. The van der Waals surface area contributed by atoms with Gasteiger partial charge in [-0.15, -0.1) is 6.58 Å². The van der Waals surface area contributed by atoms with Gasteiger partial charge in [0, 0.05) is 18.3 Å². The average molecular weight is 216 g/mol. The van der Waals surface area contributed by atoms with Crippen LogP contribution >= 0.6 is 0 Å². The highest BCUT2D eigenvalue weighted by molar-refractivity contribution is 6.45. The lowest BCUT2D eigenvalue weighted by Gasteiger charge is -2.22. The summed E-state index contributed by atoms with van der Waals surface area (Å²) in [6, 6.07) is 0.898. The predicted octanol–water partition coefficient (Wildman–Crippen LogP) is 3.02. The molecule has 84 valence electrons. The van der Waals surface area contributed by atoms with E-state index < -0.39 is 9.28 Å². The van der Waals surface area contributed by atoms with Gasteiger partial charge < -0.3 is 8.85 Å². The van der Waals surface area contributed by atoms with E-state index in [4.69, 9.17) is 8.85 Å². The quantitative estimate of drug-likeness (QED) is 0.459. The summed E-state index contributed by atoms with van der Waals surface area (Å²) in [7, 11) is -1.50. The molecule has 14 heavy (non-hydrogen) atoms. The van der Waals surface area contributed by atoms with E-state index in [1.165, 1.54) is 0 Å². The first-order valence-corrected chi connectivity index (χ1v) is 7.31. The van der Waals surface area contributed by atoms with Crippen molar-refractivity contribution in [1.29, 1.82) is 0 Å². The fourth-order valence-corrected chi connectivity index (χ4v) is 2.97. The maximum absolute atomic E-state index is 5.86. The molecule has 2 atom stereocenters. The molecular formula is C11H24O2Si. The molecule has 0 spiro atoms. The lowest BCUT2D eigenvalue weighted by Crippen LogP contribution is -2.30. The van der Waals surface area contributed by atoms with Crippen LogP contribution in [0.3, 0.4) is 0 Å². The molecule has 0 aliphatic carbocycles. The van der Waals surface area contributed by atoms with Gasteiger partial charge in [0.2, 0.25) is 0 Å². The highest BCUT2D eigenvalue weighted by atomic mass is 28.3. The predicted molar refractivity (Wildman–Crippen MR) is 63.8 cm³/mol. The van der Waals surface area contributed by atoms with Gasteiger partial charge in [-0.1, -0.05) is 19.9 Å². The normalized spacial score (nSPS) is 17.4. The van der Waals surface area contributed by atoms with Crippen LogP contribution in [0.4, 0.5) is 0 Å². The van der Waals surface area contributed by atoms with E-state index in [2.05, 4.69) is 34.3 Å². The Morgan fingerprint density at radius 1 is 1.14 bits per heavy atom. The molecule has 0 saturated heterocycles. The minimum Gasteiger partial charge on any atom is -0.394 e. The second kappa shape index (κ2) is 8.21. The first-order chi connectivity index (χ1) is 6.63. The second-order valence-electron chi connectivity index (χ2n) is 3.66. The number of rotatable bonds is 8. The second-order valence-corrected chi connectivity index (χ2v) is 5.54. The molecule has 0 fully saturated rings. The van der Waals surface area contributed by atoms with Crippen molar-refractivity contribution < 1.29 is 8.85 Å². The summed E-state index contributed by atoms with van der Waals surface area (Å²) in [5, 5.41) is 0. The lowest BCUT2D eigenvalue weighted by atomic mass is 10.3. The molecule has 2 nitrogen and oxygen atoms in total. The Morgan fingerprint density at radius 2 is 1.57 bits per heavy atom. The van der Waals surface area contributed by atoms with E-state index in [9.17, 15) is 0 Å². The summed E-state index contributed by atoms with van der Waals surface area (Å²) in [5.41, 5.74) is 0. The number of hydrogen-bond donors (Lipinski definition) is 0. The van der Waals surface area contributed by atoms with Crippen LogP contribution in [0, 0.1) is 0 Å². The standard InChI is InChI=1S/C11H24O2Si/c1-6-9-14(12-10(4)7-2)13-11(5)8-3/h6,10-11,14H,1,7-9H2,2-5H3. The summed E-state index contributed by atoms with van der Waals surface area (Å²) < 4.78 is 11.7. The van der Waals surface area contributed by atoms with Crippen LogP contribution in [0.2, 0.25) is 6.04 Å². The molecule has 2 unspecified atom stereocenters. The van der Waals surface area contributed by atoms with E-state index in [1.807, 2.05) is 6.08 Å². The Hall–Kier alpha value is -0.123. The molecule has 0 radical (unpaired) electrons. The van der Waals surface area contributed by atoms with Crippen LogP contribution in [0.5, 0.6) is 0 Å². The van der Waals surface area contributed by atoms with Gasteiger partial charge in [0.25, 0.3) is 0 Å². The van der Waals surface area contributed by atoms with Crippen LogP contribution in [0.15, 0.2) is 12.7 Å². The maximum atomic E-state index is 5.86. The van der Waals surface area contributed by atoms with Gasteiger partial charge >= 0.3 is 9.28 Å². The minimum atomic E-state index is -1.50. The third-order valence-electron chi connectivity index (χ3n) is 2.28. The topological polar surface area (TPSA) is 18.5 Å². The minimum absolute atomic E-state index is 0.315. The highest BCUT2D eigenvalue weighted by Gasteiger charge is 2.16. The van der Waals surface area contributed by atoms with Crippen LogP contribution in [0.1, 0.15) is 40.5 Å². The highest BCUT2D eigenvalue weighted by Crippen LogP contribution is 2.09. The molecule has 0 aliphatic heterocycles. The summed E-state index contributed by atoms with van der Waals surface area (Å²) in [5.74, 6) is 0. The van der Waals surface area contributed by atoms with E-state index in [-0.39, 0.29) is 0 Å². The molecule has 0 heterocycles. The first-order valence-electron chi connectivity index (χ1n) is 5.55. The van der Waals surface area contributed by atoms with Gasteiger partial charge in [-0.2, -0.15) is 0 Å². The molecule has 3 heteroatoms. The summed E-state index contributed by atoms with van der Waals surface area (Å²) in [6.45, 7) is 12.2. The Bertz CT molecular complexity index is 138. The molecule has 0 aromatic carbocycles. The third kappa shape index (κ3) is 6.35. The van der Waals surface area contributed by atoms with Gasteiger partial charge in [-0.3, -0.25) is 0 Å². The maximum Gasteiger partial charge on any atom is 0.325 e. The number of allylic oxidation sites excluding steroid dienone is 1. The molecule has 0 bridgehead atoms. The summed E-state index contributed by atoms with van der Waals surface area (Å²) in [4.78, 5) is 0. The van der Waals surface area contributed by atoms with E-state index in [0.717, 1.165) is 18.9 Å². The molecule has 0 aliphatic rings. The van der Waals surface area contributed by atoms with Crippen molar-refractivity contribution in [2.45, 2.75) is 58.8 Å². The Labute approximate surface area is 90.2 Å². The first kappa shape index (κ1) is 13.9. The molecule has 0 saturated carbocycles. The van der Waals surface area contributed by atoms with Gasteiger partial charge in [-0.05, 0) is 26.7 Å². The van der Waals surface area contributed by atoms with Crippen molar-refractivity contribution in [3.8, 4) is 0 Å². The Balaban J connectivity index is 3.93. The van der Waals surface area contributed by atoms with E-state index in [0.29, 0.717) is 12.2 Å². The van der Waals surface area contributed by atoms with Crippen LogP contribution in [-0.2, 0) is 8.85 Å². The molecule has 0 rings (SSSR count). The number of hydrogen-bond acceptors (Lipinski definition) is 2. The Kier molecular flexibility index (Phi) is 8.13. The SMILES string of the molecule is C=CC[SiH](OC(C)CC)OC(C)CC. The van der Waals surface area contributed by atoms with Crippen LogP contribution < -0.4 is 0 Å². The zero-order valence-electron chi connectivity index (χ0n) is 9.95. The fourth-order valence-electron chi connectivity index (χ4n) is 0.990. The fraction of sp³-hybridized carbons (Fsp3) is 0.818. The zero-order valence-corrected chi connectivity index (χ0v) is 11.1. The molecule has 0 amide bonds.